The smallest absolute Gasteiger partial charge is 0.421 e. The van der Waals surface area contributed by atoms with Crippen LogP contribution >= 0.6 is 11.6 Å². The summed E-state index contributed by atoms with van der Waals surface area (Å²) in [5.41, 5.74) is 4.69. The van der Waals surface area contributed by atoms with Gasteiger partial charge in [-0.3, -0.25) is 15.5 Å². The van der Waals surface area contributed by atoms with Crippen LogP contribution in [0.2, 0.25) is 0 Å². The van der Waals surface area contributed by atoms with Crippen molar-refractivity contribution in [3.63, 3.8) is 0 Å². The Morgan fingerprint density at radius 1 is 1.32 bits per heavy atom. The van der Waals surface area contributed by atoms with Crippen LogP contribution in [0, 0.1) is 10.1 Å². The standard InChI is InChI=1S/C12H16ClN3O6/c1-20-10-5-8(7-22-12(17)15-14-4-3-13)9(16(18)19)6-11(10)21-2/h5-6,14H,3-4,7H2,1-2H3,(H,15,17). The topological polar surface area (TPSA) is 112 Å². The van der Waals surface area contributed by atoms with E-state index in [0.717, 1.165) is 0 Å². The maximum absolute atomic E-state index is 11.4. The first kappa shape index (κ1) is 17.8. The molecular formula is C12H16ClN3O6. The number of hydrogen-bond donors (Lipinski definition) is 2. The number of carbonyl (C=O) groups is 1. The number of rotatable bonds is 8. The van der Waals surface area contributed by atoms with E-state index < -0.39 is 11.0 Å². The van der Waals surface area contributed by atoms with Gasteiger partial charge in [0.2, 0.25) is 0 Å². The quantitative estimate of drug-likeness (QED) is 0.321. The molecule has 0 aliphatic rings. The Morgan fingerprint density at radius 3 is 2.50 bits per heavy atom. The van der Waals surface area contributed by atoms with Crippen molar-refractivity contribution in [1.82, 2.24) is 10.9 Å². The number of amides is 1. The summed E-state index contributed by atoms with van der Waals surface area (Å²) >= 11 is 5.42. The molecule has 9 nitrogen and oxygen atoms in total. The minimum Gasteiger partial charge on any atom is -0.493 e. The average molecular weight is 334 g/mol. The monoisotopic (exact) mass is 333 g/mol. The highest BCUT2D eigenvalue weighted by Gasteiger charge is 2.20. The zero-order valence-corrected chi connectivity index (χ0v) is 12.8. The molecule has 1 amide bonds. The van der Waals surface area contributed by atoms with Crippen molar-refractivity contribution in [3.05, 3.63) is 27.8 Å². The number of benzene rings is 1. The largest absolute Gasteiger partial charge is 0.493 e. The number of hydrazine groups is 1. The van der Waals surface area contributed by atoms with Crippen LogP contribution in [0.4, 0.5) is 10.5 Å². The van der Waals surface area contributed by atoms with E-state index in [4.69, 9.17) is 25.8 Å². The summed E-state index contributed by atoms with van der Waals surface area (Å²) in [5.74, 6) is 0.820. The fourth-order valence-corrected chi connectivity index (χ4v) is 1.65. The fourth-order valence-electron chi connectivity index (χ4n) is 1.56. The molecule has 122 valence electrons. The summed E-state index contributed by atoms with van der Waals surface area (Å²) in [4.78, 5) is 21.9. The molecule has 0 aromatic heterocycles. The van der Waals surface area contributed by atoms with Crippen LogP contribution in [0.15, 0.2) is 12.1 Å². The van der Waals surface area contributed by atoms with Crippen LogP contribution in [0.5, 0.6) is 11.5 Å². The molecule has 0 fully saturated rings. The van der Waals surface area contributed by atoms with E-state index in [2.05, 4.69) is 10.9 Å². The van der Waals surface area contributed by atoms with E-state index >= 15 is 0 Å². The molecule has 0 saturated heterocycles. The Labute approximate surface area is 131 Å². The van der Waals surface area contributed by atoms with Crippen molar-refractivity contribution in [1.29, 1.82) is 0 Å². The molecule has 0 bridgehead atoms. The van der Waals surface area contributed by atoms with Crippen molar-refractivity contribution in [2.45, 2.75) is 6.61 Å². The number of hydrogen-bond acceptors (Lipinski definition) is 7. The van der Waals surface area contributed by atoms with E-state index in [-0.39, 0.29) is 23.6 Å². The van der Waals surface area contributed by atoms with Crippen LogP contribution in [-0.2, 0) is 11.3 Å². The molecule has 0 unspecified atom stereocenters. The summed E-state index contributed by atoms with van der Waals surface area (Å²) in [6, 6.07) is 2.59. The third-order valence-corrected chi connectivity index (χ3v) is 2.74. The van der Waals surface area contributed by atoms with Crippen molar-refractivity contribution in [2.24, 2.45) is 0 Å². The van der Waals surface area contributed by atoms with Crippen LogP contribution in [0.1, 0.15) is 5.56 Å². The van der Waals surface area contributed by atoms with Gasteiger partial charge in [0, 0.05) is 12.4 Å². The lowest BCUT2D eigenvalue weighted by atomic mass is 10.1. The van der Waals surface area contributed by atoms with E-state index in [9.17, 15) is 14.9 Å². The van der Waals surface area contributed by atoms with Crippen molar-refractivity contribution in [3.8, 4) is 11.5 Å². The number of alkyl halides is 1. The van der Waals surface area contributed by atoms with E-state index in [1.54, 1.807) is 0 Å². The lowest BCUT2D eigenvalue weighted by Crippen LogP contribution is -2.38. The number of nitrogens with zero attached hydrogens (tertiary/aromatic N) is 1. The maximum atomic E-state index is 11.4. The van der Waals surface area contributed by atoms with Gasteiger partial charge < -0.3 is 14.2 Å². The molecule has 0 aliphatic heterocycles. The van der Waals surface area contributed by atoms with Crippen LogP contribution < -0.4 is 20.3 Å². The molecule has 10 heteroatoms. The normalized spacial score (nSPS) is 9.95. The van der Waals surface area contributed by atoms with E-state index in [1.807, 2.05) is 0 Å². The van der Waals surface area contributed by atoms with Gasteiger partial charge in [0.1, 0.15) is 6.61 Å². The minimum absolute atomic E-state index is 0.176. The lowest BCUT2D eigenvalue weighted by molar-refractivity contribution is -0.385. The van der Waals surface area contributed by atoms with Gasteiger partial charge in [0.25, 0.3) is 5.69 Å². The third-order valence-electron chi connectivity index (χ3n) is 2.55. The van der Waals surface area contributed by atoms with Gasteiger partial charge in [0.05, 0.1) is 30.8 Å². The summed E-state index contributed by atoms with van der Waals surface area (Å²) in [5, 5.41) is 11.1. The molecule has 0 atom stereocenters. The number of ether oxygens (including phenoxy) is 3. The number of nitrogens with one attached hydrogen (secondary N) is 2. The molecular weight excluding hydrogens is 318 g/mol. The van der Waals surface area contributed by atoms with Crippen molar-refractivity contribution < 1.29 is 23.9 Å². The zero-order chi connectivity index (χ0) is 16.5. The van der Waals surface area contributed by atoms with Gasteiger partial charge in [-0.05, 0) is 6.07 Å². The molecule has 0 spiro atoms. The first-order valence-corrected chi connectivity index (χ1v) is 6.67. The predicted molar refractivity (Wildman–Crippen MR) is 78.2 cm³/mol. The first-order valence-electron chi connectivity index (χ1n) is 6.14. The minimum atomic E-state index is -0.783. The van der Waals surface area contributed by atoms with Crippen LogP contribution in [-0.4, -0.2) is 37.7 Å². The SMILES string of the molecule is COc1cc(COC(=O)NNCCCl)c([N+](=O)[O-])cc1OC. The highest BCUT2D eigenvalue weighted by Crippen LogP contribution is 2.34. The second-order valence-electron chi connectivity index (χ2n) is 3.91. The van der Waals surface area contributed by atoms with Crippen molar-refractivity contribution >= 4 is 23.4 Å². The van der Waals surface area contributed by atoms with Crippen LogP contribution in [0.3, 0.4) is 0 Å². The number of halogens is 1. The van der Waals surface area contributed by atoms with Crippen LogP contribution in [0.25, 0.3) is 0 Å². The van der Waals surface area contributed by atoms with Crippen molar-refractivity contribution in [2.75, 3.05) is 26.6 Å². The molecule has 2 N–H and O–H groups in total. The molecule has 1 aromatic rings. The average Bonchev–Trinajstić information content (AvgIpc) is 2.52. The first-order chi connectivity index (χ1) is 10.5. The number of carbonyl (C=O) groups excluding carboxylic acids is 1. The Hall–Kier alpha value is -2.26. The van der Waals surface area contributed by atoms with Gasteiger partial charge in [-0.2, -0.15) is 0 Å². The summed E-state index contributed by atoms with van der Waals surface area (Å²) in [6.07, 6.45) is -0.783. The highest BCUT2D eigenvalue weighted by atomic mass is 35.5. The Bertz CT molecular complexity index is 540. The Kier molecular flexibility index (Phi) is 7.20. The number of nitro groups is 1. The second-order valence-corrected chi connectivity index (χ2v) is 4.29. The molecule has 0 radical (unpaired) electrons. The Balaban J connectivity index is 2.84. The molecule has 1 rings (SSSR count). The van der Waals surface area contributed by atoms with Gasteiger partial charge in [-0.25, -0.2) is 10.2 Å². The lowest BCUT2D eigenvalue weighted by Gasteiger charge is -2.11. The molecule has 1 aromatic carbocycles. The van der Waals surface area contributed by atoms with Gasteiger partial charge in [-0.1, -0.05) is 0 Å². The Morgan fingerprint density at radius 2 is 1.95 bits per heavy atom. The number of nitro benzene ring substituents is 1. The summed E-state index contributed by atoms with van der Waals surface area (Å²) in [7, 11) is 2.77. The van der Waals surface area contributed by atoms with Gasteiger partial charge in [0.15, 0.2) is 11.5 Å². The predicted octanol–water partition coefficient (Wildman–Crippen LogP) is 1.58. The van der Waals surface area contributed by atoms with E-state index in [0.29, 0.717) is 18.2 Å². The summed E-state index contributed by atoms with van der Waals surface area (Å²) < 4.78 is 15.0. The second kappa shape index (κ2) is 8.90. The molecule has 0 saturated carbocycles. The molecule has 0 heterocycles. The summed E-state index contributed by atoms with van der Waals surface area (Å²) in [6.45, 7) is 0.0538. The van der Waals surface area contributed by atoms with Gasteiger partial charge in [-0.15, -0.1) is 11.6 Å². The van der Waals surface area contributed by atoms with E-state index in [1.165, 1.54) is 26.4 Å². The fraction of sp³-hybridized carbons (Fsp3) is 0.417. The van der Waals surface area contributed by atoms with Gasteiger partial charge >= 0.3 is 6.09 Å². The third kappa shape index (κ3) is 4.93. The highest BCUT2D eigenvalue weighted by molar-refractivity contribution is 6.18. The molecule has 0 aliphatic carbocycles. The zero-order valence-electron chi connectivity index (χ0n) is 12.1. The maximum Gasteiger partial charge on any atom is 0.421 e. The molecule has 22 heavy (non-hydrogen) atoms. The number of methoxy groups -OCH3 is 2.